The number of nitrogens with one attached hydrogen (secondary N) is 2. The Bertz CT molecular complexity index is 254. The second-order valence-corrected chi connectivity index (χ2v) is 5.20. The van der Waals surface area contributed by atoms with Gasteiger partial charge in [-0.1, -0.05) is 12.8 Å². The molecule has 5 heteroatoms. The summed E-state index contributed by atoms with van der Waals surface area (Å²) in [6.07, 6.45) is 7.35. The first-order chi connectivity index (χ1) is 9.86. The molecule has 0 bridgehead atoms. The highest BCUT2D eigenvalue weighted by atomic mass is 16.5. The Morgan fingerprint density at radius 3 is 2.65 bits per heavy atom. The van der Waals surface area contributed by atoms with Crippen LogP contribution in [0.1, 0.15) is 45.4 Å². The summed E-state index contributed by atoms with van der Waals surface area (Å²) in [5.74, 6) is 0.972. The van der Waals surface area contributed by atoms with Crippen LogP contribution in [0.3, 0.4) is 0 Å². The zero-order valence-corrected chi connectivity index (χ0v) is 13.1. The fraction of sp³-hybridized carbons (Fsp3) is 0.933. The van der Waals surface area contributed by atoms with Gasteiger partial charge in [-0.2, -0.15) is 0 Å². The van der Waals surface area contributed by atoms with Gasteiger partial charge in [0.2, 0.25) is 0 Å². The average Bonchev–Trinajstić information content (AvgIpc) is 2.95. The van der Waals surface area contributed by atoms with Crippen molar-refractivity contribution in [1.29, 1.82) is 0 Å². The first-order valence-corrected chi connectivity index (χ1v) is 7.98. The number of nitrogens with zero attached hydrogens (tertiary/aromatic N) is 1. The topological polar surface area (TPSA) is 54.9 Å². The van der Waals surface area contributed by atoms with Crippen LogP contribution in [0, 0.1) is 0 Å². The maximum absolute atomic E-state index is 5.43. The van der Waals surface area contributed by atoms with Crippen molar-refractivity contribution < 1.29 is 9.47 Å². The number of unbranched alkanes of at least 4 members (excludes halogenated alkanes) is 1. The van der Waals surface area contributed by atoms with E-state index in [1.54, 1.807) is 7.11 Å². The second kappa shape index (κ2) is 12.0. The Kier molecular flexibility index (Phi) is 10.3. The lowest BCUT2D eigenvalue weighted by molar-refractivity contribution is 0.0690. The van der Waals surface area contributed by atoms with Gasteiger partial charge in [-0.05, 0) is 32.6 Å². The highest BCUT2D eigenvalue weighted by molar-refractivity contribution is 5.80. The molecule has 0 aliphatic heterocycles. The SMILES string of the molecule is CCNC(=NCCCCOCCOC)NC1CCCC1. The van der Waals surface area contributed by atoms with Crippen LogP contribution in [0.15, 0.2) is 4.99 Å². The molecule has 0 radical (unpaired) electrons. The highest BCUT2D eigenvalue weighted by Gasteiger charge is 2.15. The van der Waals surface area contributed by atoms with Crippen molar-refractivity contribution in [3.8, 4) is 0 Å². The third kappa shape index (κ3) is 8.38. The van der Waals surface area contributed by atoms with Crippen LogP contribution < -0.4 is 10.6 Å². The predicted octanol–water partition coefficient (Wildman–Crippen LogP) is 1.93. The molecule has 118 valence electrons. The number of guanidine groups is 1. The van der Waals surface area contributed by atoms with Crippen LogP contribution in [-0.2, 0) is 9.47 Å². The van der Waals surface area contributed by atoms with Crippen LogP contribution in [-0.4, -0.2) is 52.0 Å². The minimum Gasteiger partial charge on any atom is -0.382 e. The summed E-state index contributed by atoms with van der Waals surface area (Å²) < 4.78 is 10.4. The van der Waals surface area contributed by atoms with Gasteiger partial charge in [0.15, 0.2) is 5.96 Å². The van der Waals surface area contributed by atoms with Gasteiger partial charge in [0.05, 0.1) is 13.2 Å². The number of hydrogen-bond donors (Lipinski definition) is 2. The number of hydrogen-bond acceptors (Lipinski definition) is 3. The van der Waals surface area contributed by atoms with Crippen molar-refractivity contribution >= 4 is 5.96 Å². The van der Waals surface area contributed by atoms with E-state index in [-0.39, 0.29) is 0 Å². The summed E-state index contributed by atoms with van der Waals surface area (Å²) in [6, 6.07) is 0.616. The largest absolute Gasteiger partial charge is 0.382 e. The molecule has 1 aliphatic carbocycles. The van der Waals surface area contributed by atoms with Crippen LogP contribution >= 0.6 is 0 Å². The molecular formula is C15H31N3O2. The van der Waals surface area contributed by atoms with Crippen molar-refractivity contribution in [2.75, 3.05) is 40.0 Å². The molecule has 0 aromatic heterocycles. The first kappa shape index (κ1) is 17.2. The molecule has 1 saturated carbocycles. The Hall–Kier alpha value is -0.810. The quantitative estimate of drug-likeness (QED) is 0.366. The number of aliphatic imine (C=N–C) groups is 1. The molecule has 0 amide bonds. The fourth-order valence-electron chi connectivity index (χ4n) is 2.33. The first-order valence-electron chi connectivity index (χ1n) is 7.98. The minimum absolute atomic E-state index is 0.616. The van der Waals surface area contributed by atoms with E-state index >= 15 is 0 Å². The monoisotopic (exact) mass is 285 g/mol. The van der Waals surface area contributed by atoms with E-state index in [2.05, 4.69) is 22.5 Å². The van der Waals surface area contributed by atoms with Crippen molar-refractivity contribution in [3.63, 3.8) is 0 Å². The van der Waals surface area contributed by atoms with Gasteiger partial charge in [-0.25, -0.2) is 0 Å². The summed E-state index contributed by atoms with van der Waals surface area (Å²) in [5, 5.41) is 6.85. The van der Waals surface area contributed by atoms with E-state index in [4.69, 9.17) is 9.47 Å². The molecule has 0 spiro atoms. The smallest absolute Gasteiger partial charge is 0.191 e. The van der Waals surface area contributed by atoms with E-state index in [1.807, 2.05) is 0 Å². The van der Waals surface area contributed by atoms with Crippen molar-refractivity contribution in [2.45, 2.75) is 51.5 Å². The third-order valence-electron chi connectivity index (χ3n) is 3.44. The lowest BCUT2D eigenvalue weighted by Gasteiger charge is -2.16. The molecule has 2 N–H and O–H groups in total. The van der Waals surface area contributed by atoms with Gasteiger partial charge in [-0.3, -0.25) is 4.99 Å². The van der Waals surface area contributed by atoms with Gasteiger partial charge in [0, 0.05) is 32.8 Å². The molecule has 0 unspecified atom stereocenters. The molecule has 1 rings (SSSR count). The molecule has 0 atom stereocenters. The number of methoxy groups -OCH3 is 1. The van der Waals surface area contributed by atoms with Gasteiger partial charge < -0.3 is 20.1 Å². The van der Waals surface area contributed by atoms with Crippen LogP contribution in [0.4, 0.5) is 0 Å². The zero-order chi connectivity index (χ0) is 14.5. The van der Waals surface area contributed by atoms with Gasteiger partial charge in [0.1, 0.15) is 0 Å². The molecule has 1 fully saturated rings. The minimum atomic E-state index is 0.616. The molecule has 0 aromatic rings. The van der Waals surface area contributed by atoms with Crippen molar-refractivity contribution in [3.05, 3.63) is 0 Å². The summed E-state index contributed by atoms with van der Waals surface area (Å²) in [6.45, 7) is 6.04. The summed E-state index contributed by atoms with van der Waals surface area (Å²) in [5.41, 5.74) is 0. The molecule has 20 heavy (non-hydrogen) atoms. The van der Waals surface area contributed by atoms with E-state index in [9.17, 15) is 0 Å². The lowest BCUT2D eigenvalue weighted by atomic mass is 10.2. The van der Waals surface area contributed by atoms with E-state index < -0.39 is 0 Å². The average molecular weight is 285 g/mol. The van der Waals surface area contributed by atoms with Crippen LogP contribution in [0.5, 0.6) is 0 Å². The standard InChI is InChI=1S/C15H31N3O2/c1-3-16-15(18-14-8-4-5-9-14)17-10-6-7-11-20-13-12-19-2/h14H,3-13H2,1-2H3,(H2,16,17,18). The second-order valence-electron chi connectivity index (χ2n) is 5.20. The lowest BCUT2D eigenvalue weighted by Crippen LogP contribution is -2.42. The van der Waals surface area contributed by atoms with Gasteiger partial charge in [-0.15, -0.1) is 0 Å². The Morgan fingerprint density at radius 1 is 1.15 bits per heavy atom. The van der Waals surface area contributed by atoms with Crippen LogP contribution in [0.2, 0.25) is 0 Å². The molecule has 0 saturated heterocycles. The Balaban J connectivity index is 2.08. The van der Waals surface area contributed by atoms with Crippen molar-refractivity contribution in [2.24, 2.45) is 4.99 Å². The molecule has 5 nitrogen and oxygen atoms in total. The number of ether oxygens (including phenoxy) is 2. The number of rotatable bonds is 10. The maximum Gasteiger partial charge on any atom is 0.191 e. The summed E-state index contributed by atoms with van der Waals surface area (Å²) >= 11 is 0. The van der Waals surface area contributed by atoms with E-state index in [0.29, 0.717) is 19.3 Å². The van der Waals surface area contributed by atoms with Crippen LogP contribution in [0.25, 0.3) is 0 Å². The molecule has 0 aromatic carbocycles. The summed E-state index contributed by atoms with van der Waals surface area (Å²) in [4.78, 5) is 4.63. The van der Waals surface area contributed by atoms with Gasteiger partial charge in [0.25, 0.3) is 0 Å². The molecule has 1 aliphatic rings. The molecule has 0 heterocycles. The normalized spacial score (nSPS) is 16.6. The fourth-order valence-corrected chi connectivity index (χ4v) is 2.33. The summed E-state index contributed by atoms with van der Waals surface area (Å²) in [7, 11) is 1.69. The third-order valence-corrected chi connectivity index (χ3v) is 3.44. The Labute approximate surface area is 123 Å². The Morgan fingerprint density at radius 2 is 1.95 bits per heavy atom. The molecular weight excluding hydrogens is 254 g/mol. The highest BCUT2D eigenvalue weighted by Crippen LogP contribution is 2.17. The predicted molar refractivity (Wildman–Crippen MR) is 83.3 cm³/mol. The van der Waals surface area contributed by atoms with E-state index in [1.165, 1.54) is 25.7 Å². The van der Waals surface area contributed by atoms with E-state index in [0.717, 1.165) is 38.5 Å². The van der Waals surface area contributed by atoms with Crippen molar-refractivity contribution in [1.82, 2.24) is 10.6 Å². The van der Waals surface area contributed by atoms with Gasteiger partial charge >= 0.3 is 0 Å². The zero-order valence-electron chi connectivity index (χ0n) is 13.1. The maximum atomic E-state index is 5.43.